The highest BCUT2D eigenvalue weighted by Crippen LogP contribution is 2.18. The zero-order valence-corrected chi connectivity index (χ0v) is 15.1. The van der Waals surface area contributed by atoms with E-state index in [9.17, 15) is 9.59 Å². The summed E-state index contributed by atoms with van der Waals surface area (Å²) < 4.78 is 0. The molecule has 0 fully saturated rings. The van der Waals surface area contributed by atoms with Gasteiger partial charge in [-0.1, -0.05) is 38.1 Å². The summed E-state index contributed by atoms with van der Waals surface area (Å²) in [5.74, 6) is 1.00. The second kappa shape index (κ2) is 7.95. The molecule has 0 radical (unpaired) electrons. The molecule has 3 rings (SSSR count). The summed E-state index contributed by atoms with van der Waals surface area (Å²) >= 11 is 0. The van der Waals surface area contributed by atoms with E-state index in [2.05, 4.69) is 35.2 Å². The Morgan fingerprint density at radius 1 is 1.15 bits per heavy atom. The standard InChI is InChI=1S/C21H23N3O2/c1-14(2)15-7-5-8-16(13-15)22-20(25)12-6-11-19-23-18-10-4-3-9-17(18)21(26)24-19/h3-5,7-10,13-14H,6,11-12H2,1-2H3,(H,22,25)(H,23,24,26). The van der Waals surface area contributed by atoms with Crippen molar-refractivity contribution in [3.63, 3.8) is 0 Å². The molecule has 2 aromatic carbocycles. The van der Waals surface area contributed by atoms with Crippen LogP contribution >= 0.6 is 0 Å². The molecule has 0 atom stereocenters. The summed E-state index contributed by atoms with van der Waals surface area (Å²) in [6.45, 7) is 4.25. The number of nitrogens with zero attached hydrogens (tertiary/aromatic N) is 1. The number of benzene rings is 2. The first-order valence-corrected chi connectivity index (χ1v) is 8.90. The Labute approximate surface area is 152 Å². The predicted octanol–water partition coefficient (Wildman–Crippen LogP) is 4.01. The van der Waals surface area contributed by atoms with Crippen LogP contribution in [-0.4, -0.2) is 15.9 Å². The summed E-state index contributed by atoms with van der Waals surface area (Å²) in [6, 6.07) is 15.2. The number of aryl methyl sites for hydroxylation is 1. The number of rotatable bonds is 6. The van der Waals surface area contributed by atoms with E-state index in [1.54, 1.807) is 6.07 Å². The van der Waals surface area contributed by atoms with Gasteiger partial charge in [0.15, 0.2) is 0 Å². The largest absolute Gasteiger partial charge is 0.326 e. The highest BCUT2D eigenvalue weighted by molar-refractivity contribution is 5.90. The van der Waals surface area contributed by atoms with Crippen molar-refractivity contribution < 1.29 is 4.79 Å². The number of aromatic amines is 1. The SMILES string of the molecule is CC(C)c1cccc(NC(=O)CCCc2nc3ccccc3c(=O)[nH]2)c1. The third kappa shape index (κ3) is 4.36. The molecule has 26 heavy (non-hydrogen) atoms. The number of H-pyrrole nitrogens is 1. The number of anilines is 1. The van der Waals surface area contributed by atoms with Gasteiger partial charge in [-0.15, -0.1) is 0 Å². The van der Waals surface area contributed by atoms with Gasteiger partial charge in [0, 0.05) is 18.5 Å². The monoisotopic (exact) mass is 349 g/mol. The summed E-state index contributed by atoms with van der Waals surface area (Å²) in [7, 11) is 0. The number of aromatic nitrogens is 2. The third-order valence-corrected chi connectivity index (χ3v) is 4.32. The summed E-state index contributed by atoms with van der Waals surface area (Å²) in [5, 5.41) is 3.52. The zero-order valence-electron chi connectivity index (χ0n) is 15.1. The lowest BCUT2D eigenvalue weighted by Crippen LogP contribution is -2.14. The maximum absolute atomic E-state index is 12.2. The van der Waals surface area contributed by atoms with Gasteiger partial charge >= 0.3 is 0 Å². The van der Waals surface area contributed by atoms with E-state index in [1.165, 1.54) is 5.56 Å². The normalized spacial score (nSPS) is 11.0. The molecule has 3 aromatic rings. The van der Waals surface area contributed by atoms with E-state index >= 15 is 0 Å². The number of hydrogen-bond donors (Lipinski definition) is 2. The number of fused-ring (bicyclic) bond motifs is 1. The van der Waals surface area contributed by atoms with Crippen molar-refractivity contribution in [3.8, 4) is 0 Å². The molecule has 1 aromatic heterocycles. The van der Waals surface area contributed by atoms with Crippen molar-refractivity contribution in [1.82, 2.24) is 9.97 Å². The molecule has 5 nitrogen and oxygen atoms in total. The second-order valence-corrected chi connectivity index (χ2v) is 6.71. The van der Waals surface area contributed by atoms with Gasteiger partial charge in [0.05, 0.1) is 10.9 Å². The van der Waals surface area contributed by atoms with Crippen LogP contribution in [0.15, 0.2) is 53.3 Å². The lowest BCUT2D eigenvalue weighted by atomic mass is 10.0. The van der Waals surface area contributed by atoms with E-state index in [4.69, 9.17) is 0 Å². The molecule has 134 valence electrons. The maximum atomic E-state index is 12.2. The minimum absolute atomic E-state index is 0.0333. The Bertz CT molecular complexity index is 976. The van der Waals surface area contributed by atoms with Crippen molar-refractivity contribution in [2.75, 3.05) is 5.32 Å². The number of nitrogens with one attached hydrogen (secondary N) is 2. The molecule has 1 heterocycles. The van der Waals surface area contributed by atoms with Crippen LogP contribution in [0.3, 0.4) is 0 Å². The molecule has 5 heteroatoms. The van der Waals surface area contributed by atoms with Crippen LogP contribution in [-0.2, 0) is 11.2 Å². The number of carbonyl (C=O) groups excluding carboxylic acids is 1. The van der Waals surface area contributed by atoms with Gasteiger partial charge in [0.25, 0.3) is 5.56 Å². The Balaban J connectivity index is 1.57. The van der Waals surface area contributed by atoms with Gasteiger partial charge in [0.1, 0.15) is 5.82 Å². The molecule has 0 aliphatic rings. The minimum Gasteiger partial charge on any atom is -0.326 e. The van der Waals surface area contributed by atoms with Crippen LogP contribution in [0.1, 0.15) is 44.0 Å². The first-order chi connectivity index (χ1) is 12.5. The topological polar surface area (TPSA) is 74.8 Å². The average molecular weight is 349 g/mol. The lowest BCUT2D eigenvalue weighted by Gasteiger charge is -2.09. The van der Waals surface area contributed by atoms with Gasteiger partial charge in [-0.2, -0.15) is 0 Å². The molecule has 1 amide bonds. The zero-order chi connectivity index (χ0) is 18.5. The van der Waals surface area contributed by atoms with Crippen LogP contribution in [0.5, 0.6) is 0 Å². The predicted molar refractivity (Wildman–Crippen MR) is 104 cm³/mol. The lowest BCUT2D eigenvalue weighted by molar-refractivity contribution is -0.116. The first kappa shape index (κ1) is 17.9. The summed E-state index contributed by atoms with van der Waals surface area (Å²) in [5.41, 5.74) is 2.56. The van der Waals surface area contributed by atoms with Gasteiger partial charge in [-0.25, -0.2) is 4.98 Å². The Kier molecular flexibility index (Phi) is 5.46. The molecule has 0 saturated heterocycles. The van der Waals surface area contributed by atoms with Gasteiger partial charge in [-0.3, -0.25) is 9.59 Å². The molecule has 0 spiro atoms. The van der Waals surface area contributed by atoms with E-state index in [1.807, 2.05) is 36.4 Å². The van der Waals surface area contributed by atoms with Gasteiger partial charge in [0.2, 0.25) is 5.91 Å². The van der Waals surface area contributed by atoms with E-state index in [-0.39, 0.29) is 11.5 Å². The molecule has 2 N–H and O–H groups in total. The molecular formula is C21H23N3O2. The second-order valence-electron chi connectivity index (χ2n) is 6.71. The first-order valence-electron chi connectivity index (χ1n) is 8.90. The highest BCUT2D eigenvalue weighted by atomic mass is 16.1. The smallest absolute Gasteiger partial charge is 0.258 e. The Morgan fingerprint density at radius 2 is 1.96 bits per heavy atom. The van der Waals surface area contributed by atoms with Crippen LogP contribution in [0, 0.1) is 0 Å². The van der Waals surface area contributed by atoms with Crippen molar-refractivity contribution in [2.24, 2.45) is 0 Å². The van der Waals surface area contributed by atoms with Crippen LogP contribution < -0.4 is 10.9 Å². The minimum atomic E-state index is -0.138. The fraction of sp³-hybridized carbons (Fsp3) is 0.286. The number of amides is 1. The Morgan fingerprint density at radius 3 is 2.77 bits per heavy atom. The maximum Gasteiger partial charge on any atom is 0.258 e. The average Bonchev–Trinajstić information content (AvgIpc) is 2.62. The highest BCUT2D eigenvalue weighted by Gasteiger charge is 2.07. The molecule has 0 bridgehead atoms. The number of hydrogen-bond acceptors (Lipinski definition) is 3. The third-order valence-electron chi connectivity index (χ3n) is 4.32. The number of para-hydroxylation sites is 1. The van der Waals surface area contributed by atoms with Crippen molar-refractivity contribution >= 4 is 22.5 Å². The quantitative estimate of drug-likeness (QED) is 0.706. The van der Waals surface area contributed by atoms with Crippen LogP contribution in [0.2, 0.25) is 0 Å². The molecule has 0 aliphatic heterocycles. The van der Waals surface area contributed by atoms with E-state index < -0.39 is 0 Å². The molecule has 0 saturated carbocycles. The fourth-order valence-corrected chi connectivity index (χ4v) is 2.87. The van der Waals surface area contributed by atoms with Gasteiger partial charge in [-0.05, 0) is 42.2 Å². The molecule has 0 aliphatic carbocycles. The molecule has 0 unspecified atom stereocenters. The van der Waals surface area contributed by atoms with E-state index in [0.717, 1.165) is 5.69 Å². The van der Waals surface area contributed by atoms with Crippen LogP contribution in [0.25, 0.3) is 10.9 Å². The van der Waals surface area contributed by atoms with Crippen molar-refractivity contribution in [3.05, 3.63) is 70.3 Å². The fourth-order valence-electron chi connectivity index (χ4n) is 2.87. The van der Waals surface area contributed by atoms with E-state index in [0.29, 0.717) is 41.9 Å². The molecular weight excluding hydrogens is 326 g/mol. The van der Waals surface area contributed by atoms with Gasteiger partial charge < -0.3 is 10.3 Å². The number of carbonyl (C=O) groups is 1. The Hall–Kier alpha value is -2.95. The van der Waals surface area contributed by atoms with Crippen molar-refractivity contribution in [2.45, 2.75) is 39.0 Å². The summed E-state index contributed by atoms with van der Waals surface area (Å²) in [4.78, 5) is 31.5. The van der Waals surface area contributed by atoms with Crippen LogP contribution in [0.4, 0.5) is 5.69 Å². The summed E-state index contributed by atoms with van der Waals surface area (Å²) in [6.07, 6.45) is 1.55. The van der Waals surface area contributed by atoms with Crippen molar-refractivity contribution in [1.29, 1.82) is 0 Å².